The Morgan fingerprint density at radius 3 is 2.50 bits per heavy atom. The Morgan fingerprint density at radius 2 is 1.73 bits per heavy atom. The van der Waals surface area contributed by atoms with Crippen LogP contribution in [-0.4, -0.2) is 15.3 Å². The highest BCUT2D eigenvalue weighted by Crippen LogP contribution is 2.23. The van der Waals surface area contributed by atoms with E-state index in [-0.39, 0.29) is 5.91 Å². The number of anilines is 1. The highest BCUT2D eigenvalue weighted by molar-refractivity contribution is 6.33. The number of hydrogen-bond donors (Lipinski definition) is 1. The third-order valence-electron chi connectivity index (χ3n) is 4.25. The average Bonchev–Trinajstić information content (AvgIpc) is 3.07. The summed E-state index contributed by atoms with van der Waals surface area (Å²) in [5, 5.41) is 3.34. The van der Waals surface area contributed by atoms with Crippen molar-refractivity contribution in [2.24, 2.45) is 0 Å². The van der Waals surface area contributed by atoms with E-state index in [1.807, 2.05) is 30.5 Å². The first-order valence-corrected chi connectivity index (χ1v) is 8.60. The quantitative estimate of drug-likeness (QED) is 0.544. The smallest absolute Gasteiger partial charge is 0.274 e. The van der Waals surface area contributed by atoms with Crippen molar-refractivity contribution in [3.63, 3.8) is 0 Å². The summed E-state index contributed by atoms with van der Waals surface area (Å²) in [4.78, 5) is 17.0. The molecule has 0 unspecified atom stereocenters. The minimum atomic E-state index is -0.258. The Hall–Kier alpha value is -3.11. The van der Waals surface area contributed by atoms with Gasteiger partial charge in [0.2, 0.25) is 0 Å². The molecule has 2 aromatic carbocycles. The molecule has 0 spiro atoms. The molecule has 0 bridgehead atoms. The summed E-state index contributed by atoms with van der Waals surface area (Å²) in [5.74, 6) is -0.258. The second kappa shape index (κ2) is 6.65. The number of fused-ring (bicyclic) bond motifs is 1. The highest BCUT2D eigenvalue weighted by atomic mass is 35.5. The van der Waals surface area contributed by atoms with Crippen LogP contribution in [0.3, 0.4) is 0 Å². The number of para-hydroxylation sites is 1. The summed E-state index contributed by atoms with van der Waals surface area (Å²) in [7, 11) is 0. The molecule has 0 fully saturated rings. The number of amides is 1. The molecule has 2 heterocycles. The van der Waals surface area contributed by atoms with Gasteiger partial charge in [0, 0.05) is 6.20 Å². The van der Waals surface area contributed by atoms with Gasteiger partial charge in [-0.3, -0.25) is 9.20 Å². The molecule has 0 aliphatic heterocycles. The number of hydrogen-bond acceptors (Lipinski definition) is 2. The van der Waals surface area contributed by atoms with Crippen LogP contribution >= 0.6 is 11.6 Å². The monoisotopic (exact) mass is 361 g/mol. The number of rotatable bonds is 3. The lowest BCUT2D eigenvalue weighted by Crippen LogP contribution is -2.14. The van der Waals surface area contributed by atoms with Gasteiger partial charge in [0.15, 0.2) is 0 Å². The molecule has 0 radical (unpaired) electrons. The van der Waals surface area contributed by atoms with Crippen LogP contribution in [0.25, 0.3) is 16.8 Å². The van der Waals surface area contributed by atoms with Crippen molar-refractivity contribution < 1.29 is 4.79 Å². The SMILES string of the molecule is Cc1ccc(-c2ccc3ncc(C(=O)Nc4ccccc4Cl)n3c2)cc1. The summed E-state index contributed by atoms with van der Waals surface area (Å²) >= 11 is 6.13. The predicted molar refractivity (Wildman–Crippen MR) is 105 cm³/mol. The van der Waals surface area contributed by atoms with Gasteiger partial charge in [0.1, 0.15) is 11.3 Å². The Balaban J connectivity index is 1.71. The van der Waals surface area contributed by atoms with E-state index in [0.29, 0.717) is 22.1 Å². The molecule has 0 saturated heterocycles. The summed E-state index contributed by atoms with van der Waals surface area (Å²) in [6.45, 7) is 2.06. The van der Waals surface area contributed by atoms with E-state index >= 15 is 0 Å². The maximum Gasteiger partial charge on any atom is 0.274 e. The van der Waals surface area contributed by atoms with E-state index in [4.69, 9.17) is 11.6 Å². The van der Waals surface area contributed by atoms with E-state index in [0.717, 1.165) is 11.1 Å². The summed E-state index contributed by atoms with van der Waals surface area (Å²) in [6.07, 6.45) is 3.49. The van der Waals surface area contributed by atoms with E-state index in [1.165, 1.54) is 5.56 Å². The number of imidazole rings is 1. The van der Waals surface area contributed by atoms with Gasteiger partial charge in [-0.15, -0.1) is 0 Å². The molecular formula is C21H16ClN3O. The number of benzene rings is 2. The van der Waals surface area contributed by atoms with Crippen molar-refractivity contribution in [1.82, 2.24) is 9.38 Å². The summed E-state index contributed by atoms with van der Waals surface area (Å²) in [6, 6.07) is 19.3. The number of nitrogens with zero attached hydrogens (tertiary/aromatic N) is 2. The highest BCUT2D eigenvalue weighted by Gasteiger charge is 2.14. The molecule has 0 aliphatic rings. The first kappa shape index (κ1) is 16.4. The molecule has 128 valence electrons. The van der Waals surface area contributed by atoms with Crippen molar-refractivity contribution in [3.05, 3.63) is 89.3 Å². The van der Waals surface area contributed by atoms with Gasteiger partial charge in [-0.2, -0.15) is 0 Å². The molecule has 4 rings (SSSR count). The van der Waals surface area contributed by atoms with Crippen LogP contribution in [0.1, 0.15) is 16.1 Å². The van der Waals surface area contributed by atoms with Crippen LogP contribution in [0.4, 0.5) is 5.69 Å². The van der Waals surface area contributed by atoms with Gasteiger partial charge >= 0.3 is 0 Å². The third kappa shape index (κ3) is 3.07. The lowest BCUT2D eigenvalue weighted by Gasteiger charge is -2.08. The largest absolute Gasteiger partial charge is 0.319 e. The van der Waals surface area contributed by atoms with Crippen LogP contribution in [0, 0.1) is 6.92 Å². The molecule has 0 aliphatic carbocycles. The zero-order valence-electron chi connectivity index (χ0n) is 14.1. The fraction of sp³-hybridized carbons (Fsp3) is 0.0476. The van der Waals surface area contributed by atoms with Crippen molar-refractivity contribution in [2.75, 3.05) is 5.32 Å². The number of aromatic nitrogens is 2. The second-order valence-electron chi connectivity index (χ2n) is 6.09. The Kier molecular flexibility index (Phi) is 4.19. The van der Waals surface area contributed by atoms with Crippen LogP contribution in [-0.2, 0) is 0 Å². The van der Waals surface area contributed by atoms with Gasteiger partial charge in [-0.1, -0.05) is 53.6 Å². The molecular weight excluding hydrogens is 346 g/mol. The predicted octanol–water partition coefficient (Wildman–Crippen LogP) is 5.22. The van der Waals surface area contributed by atoms with Crippen molar-refractivity contribution in [2.45, 2.75) is 6.92 Å². The average molecular weight is 362 g/mol. The normalized spacial score (nSPS) is 10.8. The number of pyridine rings is 1. The molecule has 1 N–H and O–H groups in total. The number of carbonyl (C=O) groups is 1. The summed E-state index contributed by atoms with van der Waals surface area (Å²) < 4.78 is 1.79. The molecule has 0 atom stereocenters. The maximum atomic E-state index is 12.7. The first-order valence-electron chi connectivity index (χ1n) is 8.22. The Labute approximate surface area is 156 Å². The molecule has 1 amide bonds. The van der Waals surface area contributed by atoms with Crippen molar-refractivity contribution >= 4 is 28.8 Å². The standard InChI is InChI=1S/C21H16ClN3O/c1-14-6-8-15(9-7-14)16-10-11-20-23-12-19(25(20)13-16)21(26)24-18-5-3-2-4-17(18)22/h2-13H,1H3,(H,24,26). The van der Waals surface area contributed by atoms with E-state index in [9.17, 15) is 4.79 Å². The van der Waals surface area contributed by atoms with Crippen molar-refractivity contribution in [1.29, 1.82) is 0 Å². The molecule has 26 heavy (non-hydrogen) atoms. The number of nitrogens with one attached hydrogen (secondary N) is 1. The zero-order chi connectivity index (χ0) is 18.1. The minimum Gasteiger partial charge on any atom is -0.319 e. The number of halogens is 1. The van der Waals surface area contributed by atoms with Crippen LogP contribution in [0.15, 0.2) is 73.1 Å². The summed E-state index contributed by atoms with van der Waals surface area (Å²) in [5.41, 5.74) is 5.05. The molecule has 4 aromatic rings. The van der Waals surface area contributed by atoms with E-state index < -0.39 is 0 Å². The van der Waals surface area contributed by atoms with Gasteiger partial charge in [0.25, 0.3) is 5.91 Å². The van der Waals surface area contributed by atoms with Gasteiger partial charge < -0.3 is 5.32 Å². The lowest BCUT2D eigenvalue weighted by atomic mass is 10.1. The zero-order valence-corrected chi connectivity index (χ0v) is 14.9. The first-order chi connectivity index (χ1) is 12.6. The number of aryl methyl sites for hydroxylation is 1. The van der Waals surface area contributed by atoms with Crippen LogP contribution in [0.5, 0.6) is 0 Å². The molecule has 2 aromatic heterocycles. The van der Waals surface area contributed by atoms with Crippen LogP contribution < -0.4 is 5.32 Å². The molecule has 0 saturated carbocycles. The van der Waals surface area contributed by atoms with Gasteiger partial charge in [0.05, 0.1) is 16.9 Å². The molecule has 4 nitrogen and oxygen atoms in total. The van der Waals surface area contributed by atoms with Crippen molar-refractivity contribution in [3.8, 4) is 11.1 Å². The van der Waals surface area contributed by atoms with E-state index in [1.54, 1.807) is 22.7 Å². The van der Waals surface area contributed by atoms with Gasteiger partial charge in [-0.25, -0.2) is 4.98 Å². The lowest BCUT2D eigenvalue weighted by molar-refractivity contribution is 0.102. The minimum absolute atomic E-state index is 0.258. The van der Waals surface area contributed by atoms with Crippen LogP contribution in [0.2, 0.25) is 5.02 Å². The maximum absolute atomic E-state index is 12.7. The Morgan fingerprint density at radius 1 is 1.00 bits per heavy atom. The van der Waals surface area contributed by atoms with E-state index in [2.05, 4.69) is 41.5 Å². The third-order valence-corrected chi connectivity index (χ3v) is 4.57. The number of carbonyl (C=O) groups excluding carboxylic acids is 1. The fourth-order valence-electron chi connectivity index (χ4n) is 2.81. The topological polar surface area (TPSA) is 46.4 Å². The Bertz CT molecular complexity index is 1100. The fourth-order valence-corrected chi connectivity index (χ4v) is 3.00. The molecule has 5 heteroatoms. The van der Waals surface area contributed by atoms with Gasteiger partial charge in [-0.05, 0) is 42.3 Å². The second-order valence-corrected chi connectivity index (χ2v) is 6.50.